The van der Waals surface area contributed by atoms with Gasteiger partial charge in [-0.15, -0.1) is 0 Å². The molecule has 1 aliphatic heterocycles. The fourth-order valence-electron chi connectivity index (χ4n) is 0.857. The van der Waals surface area contributed by atoms with Crippen LogP contribution in [0.15, 0.2) is 4.99 Å². The Balaban J connectivity index is 2.32. The van der Waals surface area contributed by atoms with E-state index in [4.69, 9.17) is 0 Å². The Labute approximate surface area is 50.0 Å². The lowest BCUT2D eigenvalue weighted by molar-refractivity contribution is 0.569. The first-order chi connectivity index (χ1) is 3.93. The number of nitrogens with zero attached hydrogens (tertiary/aromatic N) is 1. The van der Waals surface area contributed by atoms with Crippen LogP contribution >= 0.6 is 0 Å². The highest BCUT2D eigenvalue weighted by Gasteiger charge is 2.03. The molecule has 0 aromatic carbocycles. The van der Waals surface area contributed by atoms with Crippen LogP contribution in [-0.2, 0) is 0 Å². The molecule has 2 heteroatoms. The smallest absolute Gasteiger partial charge is 0.0827 e. The van der Waals surface area contributed by atoms with Crippen molar-refractivity contribution >= 4 is 6.34 Å². The molecule has 1 N–H and O–H groups in total. The van der Waals surface area contributed by atoms with Crippen LogP contribution in [-0.4, -0.2) is 18.9 Å². The van der Waals surface area contributed by atoms with E-state index in [1.807, 2.05) is 6.34 Å². The average molecular weight is 112 g/mol. The molecular weight excluding hydrogens is 100 g/mol. The van der Waals surface area contributed by atoms with Crippen LogP contribution < -0.4 is 5.32 Å². The Bertz CT molecular complexity index is 88.5. The molecule has 0 aliphatic carbocycles. The quantitative estimate of drug-likeness (QED) is 0.532. The van der Waals surface area contributed by atoms with Crippen LogP contribution in [0, 0.1) is 0 Å². The SMILES string of the molecule is CCC1CCNC=N1. The van der Waals surface area contributed by atoms with Crippen molar-refractivity contribution in [2.45, 2.75) is 25.8 Å². The van der Waals surface area contributed by atoms with E-state index in [9.17, 15) is 0 Å². The van der Waals surface area contributed by atoms with Crippen LogP contribution in [0.4, 0.5) is 0 Å². The molecule has 0 radical (unpaired) electrons. The van der Waals surface area contributed by atoms with E-state index in [0.29, 0.717) is 6.04 Å². The van der Waals surface area contributed by atoms with Crippen LogP contribution in [0.1, 0.15) is 19.8 Å². The molecule has 8 heavy (non-hydrogen) atoms. The molecule has 0 aromatic heterocycles. The number of hydrogen-bond donors (Lipinski definition) is 1. The Hall–Kier alpha value is -0.530. The summed E-state index contributed by atoms with van der Waals surface area (Å²) >= 11 is 0. The predicted molar refractivity (Wildman–Crippen MR) is 35.2 cm³/mol. The first kappa shape index (κ1) is 5.60. The zero-order valence-corrected chi connectivity index (χ0v) is 5.22. The molecule has 2 nitrogen and oxygen atoms in total. The van der Waals surface area contributed by atoms with E-state index >= 15 is 0 Å². The van der Waals surface area contributed by atoms with Gasteiger partial charge in [-0.05, 0) is 12.8 Å². The molecule has 1 aliphatic rings. The standard InChI is InChI=1S/C6H12N2/c1-2-6-3-4-7-5-8-6/h5-6H,2-4H2,1H3,(H,7,8). The third-order valence-electron chi connectivity index (χ3n) is 1.47. The molecule has 0 saturated carbocycles. The van der Waals surface area contributed by atoms with E-state index in [-0.39, 0.29) is 0 Å². The summed E-state index contributed by atoms with van der Waals surface area (Å²) in [5, 5.41) is 3.06. The minimum absolute atomic E-state index is 0.594. The first-order valence-electron chi connectivity index (χ1n) is 3.18. The summed E-state index contributed by atoms with van der Waals surface area (Å²) in [5.74, 6) is 0. The van der Waals surface area contributed by atoms with Crippen molar-refractivity contribution in [1.82, 2.24) is 5.32 Å². The van der Waals surface area contributed by atoms with Gasteiger partial charge in [-0.2, -0.15) is 0 Å². The largest absolute Gasteiger partial charge is 0.376 e. The van der Waals surface area contributed by atoms with Gasteiger partial charge in [0.1, 0.15) is 0 Å². The monoisotopic (exact) mass is 112 g/mol. The van der Waals surface area contributed by atoms with E-state index < -0.39 is 0 Å². The minimum Gasteiger partial charge on any atom is -0.376 e. The normalized spacial score (nSPS) is 27.4. The van der Waals surface area contributed by atoms with E-state index in [2.05, 4.69) is 17.2 Å². The summed E-state index contributed by atoms with van der Waals surface area (Å²) < 4.78 is 0. The van der Waals surface area contributed by atoms with Crippen molar-refractivity contribution in [1.29, 1.82) is 0 Å². The van der Waals surface area contributed by atoms with Crippen molar-refractivity contribution in [2.24, 2.45) is 4.99 Å². The lowest BCUT2D eigenvalue weighted by Gasteiger charge is -2.13. The van der Waals surface area contributed by atoms with Crippen LogP contribution in [0.2, 0.25) is 0 Å². The van der Waals surface area contributed by atoms with Crippen molar-refractivity contribution < 1.29 is 0 Å². The fraction of sp³-hybridized carbons (Fsp3) is 0.833. The molecule has 0 bridgehead atoms. The Morgan fingerprint density at radius 2 is 2.75 bits per heavy atom. The van der Waals surface area contributed by atoms with Gasteiger partial charge < -0.3 is 5.32 Å². The van der Waals surface area contributed by atoms with Gasteiger partial charge in [0.15, 0.2) is 0 Å². The third kappa shape index (κ3) is 1.22. The molecular formula is C6H12N2. The van der Waals surface area contributed by atoms with Gasteiger partial charge in [-0.25, -0.2) is 0 Å². The van der Waals surface area contributed by atoms with Gasteiger partial charge in [-0.1, -0.05) is 6.92 Å². The van der Waals surface area contributed by atoms with Crippen LogP contribution in [0.25, 0.3) is 0 Å². The van der Waals surface area contributed by atoms with Gasteiger partial charge in [-0.3, -0.25) is 4.99 Å². The summed E-state index contributed by atoms with van der Waals surface area (Å²) in [6.45, 7) is 3.27. The van der Waals surface area contributed by atoms with E-state index in [1.54, 1.807) is 0 Å². The van der Waals surface area contributed by atoms with E-state index in [0.717, 1.165) is 6.54 Å². The van der Waals surface area contributed by atoms with Gasteiger partial charge in [0.05, 0.1) is 12.4 Å². The molecule has 0 fully saturated rings. The summed E-state index contributed by atoms with van der Waals surface area (Å²) in [6, 6.07) is 0.594. The Morgan fingerprint density at radius 1 is 1.88 bits per heavy atom. The fourth-order valence-corrected chi connectivity index (χ4v) is 0.857. The first-order valence-corrected chi connectivity index (χ1v) is 3.18. The summed E-state index contributed by atoms with van der Waals surface area (Å²) in [6.07, 6.45) is 4.20. The minimum atomic E-state index is 0.594. The van der Waals surface area contributed by atoms with Crippen molar-refractivity contribution in [3.05, 3.63) is 0 Å². The van der Waals surface area contributed by atoms with Gasteiger partial charge in [0, 0.05) is 6.54 Å². The third-order valence-corrected chi connectivity index (χ3v) is 1.47. The maximum atomic E-state index is 4.21. The number of aliphatic imine (C=N–C) groups is 1. The van der Waals surface area contributed by atoms with Crippen molar-refractivity contribution in [3.63, 3.8) is 0 Å². The second-order valence-electron chi connectivity index (χ2n) is 2.08. The number of hydrogen-bond acceptors (Lipinski definition) is 2. The summed E-state index contributed by atoms with van der Waals surface area (Å²) in [7, 11) is 0. The summed E-state index contributed by atoms with van der Waals surface area (Å²) in [5.41, 5.74) is 0. The molecule has 0 amide bonds. The zero-order chi connectivity index (χ0) is 5.82. The van der Waals surface area contributed by atoms with Crippen molar-refractivity contribution in [2.75, 3.05) is 6.54 Å². The lowest BCUT2D eigenvalue weighted by atomic mass is 10.1. The number of rotatable bonds is 1. The highest BCUT2D eigenvalue weighted by molar-refractivity contribution is 5.55. The molecule has 1 unspecified atom stereocenters. The maximum Gasteiger partial charge on any atom is 0.0827 e. The van der Waals surface area contributed by atoms with E-state index in [1.165, 1.54) is 12.8 Å². The van der Waals surface area contributed by atoms with Gasteiger partial charge in [0.2, 0.25) is 0 Å². The van der Waals surface area contributed by atoms with Crippen molar-refractivity contribution in [3.8, 4) is 0 Å². The topological polar surface area (TPSA) is 24.4 Å². The molecule has 0 aromatic rings. The highest BCUT2D eigenvalue weighted by Crippen LogP contribution is 2.02. The molecule has 1 atom stereocenters. The lowest BCUT2D eigenvalue weighted by Crippen LogP contribution is -2.24. The second-order valence-corrected chi connectivity index (χ2v) is 2.08. The Kier molecular flexibility index (Phi) is 1.89. The predicted octanol–water partition coefficient (Wildman–Crippen LogP) is 0.787. The molecule has 0 spiro atoms. The molecule has 46 valence electrons. The molecule has 0 saturated heterocycles. The molecule has 1 rings (SSSR count). The average Bonchev–Trinajstić information content (AvgIpc) is 1.90. The highest BCUT2D eigenvalue weighted by atomic mass is 15.0. The maximum absolute atomic E-state index is 4.21. The summed E-state index contributed by atoms with van der Waals surface area (Å²) in [4.78, 5) is 4.21. The van der Waals surface area contributed by atoms with Crippen LogP contribution in [0.3, 0.4) is 0 Å². The zero-order valence-electron chi connectivity index (χ0n) is 5.22. The van der Waals surface area contributed by atoms with Gasteiger partial charge >= 0.3 is 0 Å². The molecule has 1 heterocycles. The van der Waals surface area contributed by atoms with Crippen LogP contribution in [0.5, 0.6) is 0 Å². The van der Waals surface area contributed by atoms with Gasteiger partial charge in [0.25, 0.3) is 0 Å². The second kappa shape index (κ2) is 2.70. The number of nitrogens with one attached hydrogen (secondary N) is 1. The Morgan fingerprint density at radius 3 is 3.12 bits per heavy atom.